The number of rotatable bonds is 7. The molecule has 132 valence electrons. The van der Waals surface area contributed by atoms with E-state index in [4.69, 9.17) is 9.47 Å². The Labute approximate surface area is 148 Å². The first-order valence-corrected chi connectivity index (χ1v) is 7.81. The minimum Gasteiger partial charge on any atom is -0.493 e. The fourth-order valence-electron chi connectivity index (χ4n) is 2.41. The van der Waals surface area contributed by atoms with E-state index in [9.17, 15) is 4.79 Å². The van der Waals surface area contributed by atoms with E-state index in [1.54, 1.807) is 38.5 Å². The highest BCUT2D eigenvalue weighted by atomic mass is 16.5. The largest absolute Gasteiger partial charge is 0.493 e. The monoisotopic (exact) mass is 341 g/mol. The quantitative estimate of drug-likeness (QED) is 0.784. The normalized spacial score (nSPS) is 10.1. The van der Waals surface area contributed by atoms with Gasteiger partial charge in [0.1, 0.15) is 11.6 Å². The Balaban J connectivity index is 2.34. The minimum atomic E-state index is -0.269. The number of carbonyl (C=O) groups is 1. The van der Waals surface area contributed by atoms with Crippen LogP contribution in [0.1, 0.15) is 15.9 Å². The number of hydrogen-bond acceptors (Lipinski definition) is 5. The zero-order chi connectivity index (χ0) is 18.4. The minimum absolute atomic E-state index is 0.269. The summed E-state index contributed by atoms with van der Waals surface area (Å²) in [7, 11) is 6.90. The summed E-state index contributed by atoms with van der Waals surface area (Å²) in [5, 5.41) is 2.81. The van der Waals surface area contributed by atoms with Crippen molar-refractivity contribution in [3.05, 3.63) is 54.1 Å². The van der Waals surface area contributed by atoms with Gasteiger partial charge in [-0.3, -0.25) is 4.79 Å². The molecule has 1 N–H and O–H groups in total. The Bertz CT molecular complexity index is 773. The van der Waals surface area contributed by atoms with Gasteiger partial charge in [-0.1, -0.05) is 12.1 Å². The number of benzene rings is 1. The van der Waals surface area contributed by atoms with Crippen molar-refractivity contribution in [1.29, 1.82) is 0 Å². The predicted octanol–water partition coefficient (Wildman–Crippen LogP) is 3.15. The lowest BCUT2D eigenvalue weighted by molar-refractivity contribution is 0.102. The molecule has 0 saturated heterocycles. The standard InChI is InChI=1S/C19H23N3O3/c1-6-8-13-11-14(12-15(24-4)18(13)25-5)19(23)21-16-9-7-10-17(20-16)22(2)3/h6-7,9-12H,1,8H2,2-5H3,(H,20,21,23). The first kappa shape index (κ1) is 18.3. The van der Waals surface area contributed by atoms with Crippen molar-refractivity contribution in [2.75, 3.05) is 38.5 Å². The maximum Gasteiger partial charge on any atom is 0.256 e. The van der Waals surface area contributed by atoms with Crippen molar-refractivity contribution in [2.24, 2.45) is 0 Å². The van der Waals surface area contributed by atoms with E-state index in [0.29, 0.717) is 29.3 Å². The van der Waals surface area contributed by atoms with Crippen LogP contribution in [0.3, 0.4) is 0 Å². The highest BCUT2D eigenvalue weighted by Crippen LogP contribution is 2.33. The molecule has 0 spiro atoms. The van der Waals surface area contributed by atoms with Gasteiger partial charge in [-0.2, -0.15) is 0 Å². The summed E-state index contributed by atoms with van der Waals surface area (Å²) in [6, 6.07) is 8.88. The Kier molecular flexibility index (Phi) is 6.00. The molecule has 0 aliphatic heterocycles. The number of hydrogen-bond donors (Lipinski definition) is 1. The molecule has 0 radical (unpaired) electrons. The number of anilines is 2. The summed E-state index contributed by atoms with van der Waals surface area (Å²) in [4.78, 5) is 18.9. The molecule has 0 aliphatic rings. The van der Waals surface area contributed by atoms with Crippen molar-refractivity contribution in [3.8, 4) is 11.5 Å². The van der Waals surface area contributed by atoms with Crippen LogP contribution < -0.4 is 19.7 Å². The van der Waals surface area contributed by atoms with Gasteiger partial charge < -0.3 is 19.7 Å². The molecule has 0 atom stereocenters. The summed E-state index contributed by atoms with van der Waals surface area (Å²) in [6.45, 7) is 3.74. The Hall–Kier alpha value is -3.02. The van der Waals surface area contributed by atoms with E-state index in [1.165, 1.54) is 0 Å². The molecule has 0 aliphatic carbocycles. The van der Waals surface area contributed by atoms with Crippen LogP contribution in [0.4, 0.5) is 11.6 Å². The first-order valence-electron chi connectivity index (χ1n) is 7.81. The molecule has 1 aromatic heterocycles. The van der Waals surface area contributed by atoms with Gasteiger partial charge in [0.15, 0.2) is 11.5 Å². The third kappa shape index (κ3) is 4.29. The fraction of sp³-hybridized carbons (Fsp3) is 0.263. The van der Waals surface area contributed by atoms with Crippen LogP contribution in [0.5, 0.6) is 11.5 Å². The number of ether oxygens (including phenoxy) is 2. The Morgan fingerprint density at radius 1 is 1.28 bits per heavy atom. The van der Waals surface area contributed by atoms with Crippen molar-refractivity contribution in [1.82, 2.24) is 4.98 Å². The van der Waals surface area contributed by atoms with Crippen molar-refractivity contribution >= 4 is 17.5 Å². The molecule has 2 rings (SSSR count). The van der Waals surface area contributed by atoms with Gasteiger partial charge in [0.25, 0.3) is 5.91 Å². The average Bonchev–Trinajstić information content (AvgIpc) is 2.61. The van der Waals surface area contributed by atoms with Gasteiger partial charge in [0.2, 0.25) is 0 Å². The first-order chi connectivity index (χ1) is 12.0. The van der Waals surface area contributed by atoms with Crippen LogP contribution in [-0.4, -0.2) is 39.2 Å². The van der Waals surface area contributed by atoms with Gasteiger partial charge in [-0.25, -0.2) is 4.98 Å². The summed E-state index contributed by atoms with van der Waals surface area (Å²) >= 11 is 0. The third-order valence-corrected chi connectivity index (χ3v) is 3.62. The molecule has 0 unspecified atom stereocenters. The molecule has 1 amide bonds. The van der Waals surface area contributed by atoms with Crippen LogP contribution in [0.2, 0.25) is 0 Å². The lowest BCUT2D eigenvalue weighted by Crippen LogP contribution is -2.16. The summed E-state index contributed by atoms with van der Waals surface area (Å²) in [5.41, 5.74) is 1.29. The SMILES string of the molecule is C=CCc1cc(C(=O)Nc2cccc(N(C)C)n2)cc(OC)c1OC. The molecule has 6 heteroatoms. The van der Waals surface area contributed by atoms with Gasteiger partial charge >= 0.3 is 0 Å². The molecule has 1 heterocycles. The smallest absolute Gasteiger partial charge is 0.256 e. The molecular weight excluding hydrogens is 318 g/mol. The molecule has 0 bridgehead atoms. The van der Waals surface area contributed by atoms with E-state index >= 15 is 0 Å². The predicted molar refractivity (Wildman–Crippen MR) is 100.0 cm³/mol. The summed E-state index contributed by atoms with van der Waals surface area (Å²) in [5.74, 6) is 2.08. The number of aromatic nitrogens is 1. The molecule has 0 fully saturated rings. The fourth-order valence-corrected chi connectivity index (χ4v) is 2.41. The Morgan fingerprint density at radius 2 is 2.04 bits per heavy atom. The van der Waals surface area contributed by atoms with E-state index in [2.05, 4.69) is 16.9 Å². The molecular formula is C19H23N3O3. The van der Waals surface area contributed by atoms with E-state index in [-0.39, 0.29) is 5.91 Å². The van der Waals surface area contributed by atoms with Crippen molar-refractivity contribution < 1.29 is 14.3 Å². The van der Waals surface area contributed by atoms with E-state index in [1.807, 2.05) is 31.1 Å². The van der Waals surface area contributed by atoms with Gasteiger partial charge in [-0.05, 0) is 30.7 Å². The van der Waals surface area contributed by atoms with Gasteiger partial charge in [0.05, 0.1) is 14.2 Å². The topological polar surface area (TPSA) is 63.7 Å². The van der Waals surface area contributed by atoms with Gasteiger partial charge in [-0.15, -0.1) is 6.58 Å². The second-order valence-electron chi connectivity index (χ2n) is 5.59. The third-order valence-electron chi connectivity index (χ3n) is 3.62. The van der Waals surface area contributed by atoms with Crippen molar-refractivity contribution in [2.45, 2.75) is 6.42 Å². The number of amides is 1. The Morgan fingerprint density at radius 3 is 2.64 bits per heavy atom. The number of pyridine rings is 1. The number of nitrogens with one attached hydrogen (secondary N) is 1. The molecule has 2 aromatic rings. The van der Waals surface area contributed by atoms with Crippen LogP contribution in [-0.2, 0) is 6.42 Å². The summed E-state index contributed by atoms with van der Waals surface area (Å²) in [6.07, 6.45) is 2.32. The van der Waals surface area contributed by atoms with Crippen LogP contribution in [0, 0.1) is 0 Å². The van der Waals surface area contributed by atoms with Gasteiger partial charge in [0, 0.05) is 25.2 Å². The molecule has 0 saturated carbocycles. The highest BCUT2D eigenvalue weighted by molar-refractivity contribution is 6.04. The van der Waals surface area contributed by atoms with Crippen LogP contribution in [0.15, 0.2) is 43.0 Å². The molecule has 6 nitrogen and oxygen atoms in total. The van der Waals surface area contributed by atoms with Crippen LogP contribution in [0.25, 0.3) is 0 Å². The second-order valence-corrected chi connectivity index (χ2v) is 5.59. The second kappa shape index (κ2) is 8.19. The maximum atomic E-state index is 12.6. The zero-order valence-corrected chi connectivity index (χ0v) is 15.0. The number of carbonyl (C=O) groups excluding carboxylic acids is 1. The molecule has 1 aromatic carbocycles. The van der Waals surface area contributed by atoms with Crippen molar-refractivity contribution in [3.63, 3.8) is 0 Å². The lowest BCUT2D eigenvalue weighted by Gasteiger charge is -2.15. The van der Waals surface area contributed by atoms with E-state index in [0.717, 1.165) is 11.4 Å². The average molecular weight is 341 g/mol. The van der Waals surface area contributed by atoms with E-state index < -0.39 is 0 Å². The summed E-state index contributed by atoms with van der Waals surface area (Å²) < 4.78 is 10.7. The molecule has 25 heavy (non-hydrogen) atoms. The number of allylic oxidation sites excluding steroid dienone is 1. The highest BCUT2D eigenvalue weighted by Gasteiger charge is 2.16. The number of nitrogens with zero attached hydrogens (tertiary/aromatic N) is 2. The number of methoxy groups -OCH3 is 2. The zero-order valence-electron chi connectivity index (χ0n) is 15.0. The lowest BCUT2D eigenvalue weighted by atomic mass is 10.0. The maximum absolute atomic E-state index is 12.6. The van der Waals surface area contributed by atoms with Crippen LogP contribution >= 0.6 is 0 Å².